The molecule has 1 fully saturated rings. The number of carbonyl (C=O) groups is 1. The van der Waals surface area contributed by atoms with E-state index < -0.39 is 15.8 Å². The van der Waals surface area contributed by atoms with Crippen molar-refractivity contribution in [2.75, 3.05) is 25.5 Å². The fraction of sp³-hybridized carbons (Fsp3) is 0.286. The summed E-state index contributed by atoms with van der Waals surface area (Å²) in [6, 6.07) is 11.7. The standard InChI is InChI=1S/C21H21FN4O4S2/c1-30-17-8-6-16(7-9-17)23-19(27)21-25-24-20(31-21)14-3-2-12-26(13-14)32(28,29)18-10-4-15(22)5-11-18/h4-11,14H,2-3,12-13H2,1H3,(H,23,27)/t14-/m1/s1. The maximum absolute atomic E-state index is 13.2. The van der Waals surface area contributed by atoms with Crippen LogP contribution in [0.15, 0.2) is 53.4 Å². The van der Waals surface area contributed by atoms with Gasteiger partial charge in [0.15, 0.2) is 0 Å². The molecule has 2 aromatic carbocycles. The summed E-state index contributed by atoms with van der Waals surface area (Å²) in [6.07, 6.45) is 1.39. The topological polar surface area (TPSA) is 101 Å². The lowest BCUT2D eigenvalue weighted by atomic mass is 10.0. The fourth-order valence-electron chi connectivity index (χ4n) is 3.47. The number of halogens is 1. The van der Waals surface area contributed by atoms with Crippen molar-refractivity contribution in [1.29, 1.82) is 0 Å². The molecular formula is C21H21FN4O4S2. The highest BCUT2D eigenvalue weighted by atomic mass is 32.2. The quantitative estimate of drug-likeness (QED) is 0.584. The fourth-order valence-corrected chi connectivity index (χ4v) is 5.86. The molecule has 32 heavy (non-hydrogen) atoms. The van der Waals surface area contributed by atoms with Crippen LogP contribution in [0, 0.1) is 5.82 Å². The molecule has 2 heterocycles. The number of methoxy groups -OCH3 is 1. The van der Waals surface area contributed by atoms with Crippen LogP contribution in [0.25, 0.3) is 0 Å². The highest BCUT2D eigenvalue weighted by molar-refractivity contribution is 7.89. The second-order valence-corrected chi connectivity index (χ2v) is 10.2. The largest absolute Gasteiger partial charge is 0.497 e. The van der Waals surface area contributed by atoms with E-state index in [-0.39, 0.29) is 28.3 Å². The number of amides is 1. The Hall–Kier alpha value is -2.89. The lowest BCUT2D eigenvalue weighted by Gasteiger charge is -2.30. The Kier molecular flexibility index (Phi) is 6.49. The molecule has 0 bridgehead atoms. The number of rotatable bonds is 6. The van der Waals surface area contributed by atoms with Crippen LogP contribution in [0.3, 0.4) is 0 Å². The van der Waals surface area contributed by atoms with Crippen LogP contribution in [0.5, 0.6) is 5.75 Å². The van der Waals surface area contributed by atoms with E-state index in [1.165, 1.54) is 16.4 Å². The van der Waals surface area contributed by atoms with Gasteiger partial charge in [-0.25, -0.2) is 12.8 Å². The molecular weight excluding hydrogens is 455 g/mol. The van der Waals surface area contributed by atoms with Crippen molar-refractivity contribution in [2.24, 2.45) is 0 Å². The van der Waals surface area contributed by atoms with E-state index in [4.69, 9.17) is 4.74 Å². The third-order valence-corrected chi connectivity index (χ3v) is 8.13. The van der Waals surface area contributed by atoms with Gasteiger partial charge < -0.3 is 10.1 Å². The Morgan fingerprint density at radius 2 is 1.88 bits per heavy atom. The minimum Gasteiger partial charge on any atom is -0.497 e. The number of hydrogen-bond donors (Lipinski definition) is 1. The zero-order valence-electron chi connectivity index (χ0n) is 17.2. The molecule has 0 aliphatic carbocycles. The number of aromatic nitrogens is 2. The monoisotopic (exact) mass is 476 g/mol. The van der Waals surface area contributed by atoms with Gasteiger partial charge in [0.05, 0.1) is 12.0 Å². The third-order valence-electron chi connectivity index (χ3n) is 5.17. The molecule has 4 rings (SSSR count). The first-order chi connectivity index (χ1) is 15.4. The van der Waals surface area contributed by atoms with Crippen LogP contribution in [0.1, 0.15) is 33.6 Å². The molecule has 168 valence electrons. The van der Waals surface area contributed by atoms with Gasteiger partial charge in [0.2, 0.25) is 15.0 Å². The number of hydrogen-bond acceptors (Lipinski definition) is 7. The van der Waals surface area contributed by atoms with Gasteiger partial charge in [0.25, 0.3) is 5.91 Å². The Morgan fingerprint density at radius 3 is 2.56 bits per heavy atom. The van der Waals surface area contributed by atoms with Crippen molar-refractivity contribution < 1.29 is 22.3 Å². The summed E-state index contributed by atoms with van der Waals surface area (Å²) in [5.41, 5.74) is 0.599. The van der Waals surface area contributed by atoms with Crippen LogP contribution in [0.2, 0.25) is 0 Å². The number of ether oxygens (including phenoxy) is 1. The van der Waals surface area contributed by atoms with E-state index >= 15 is 0 Å². The van der Waals surface area contributed by atoms with E-state index in [0.29, 0.717) is 29.4 Å². The molecule has 1 aliphatic rings. The Labute approximate surface area is 189 Å². The number of sulfonamides is 1. The van der Waals surface area contributed by atoms with Crippen molar-refractivity contribution in [3.63, 3.8) is 0 Å². The second kappa shape index (κ2) is 9.31. The first-order valence-corrected chi connectivity index (χ1v) is 12.2. The van der Waals surface area contributed by atoms with E-state index in [9.17, 15) is 17.6 Å². The van der Waals surface area contributed by atoms with Crippen molar-refractivity contribution in [3.8, 4) is 5.75 Å². The SMILES string of the molecule is COc1ccc(NC(=O)c2nnc([C@@H]3CCCN(S(=O)(=O)c4ccc(F)cc4)C3)s2)cc1. The van der Waals surface area contributed by atoms with Crippen molar-refractivity contribution in [2.45, 2.75) is 23.7 Å². The van der Waals surface area contributed by atoms with Gasteiger partial charge in [-0.15, -0.1) is 10.2 Å². The number of benzene rings is 2. The van der Waals surface area contributed by atoms with Crippen LogP contribution < -0.4 is 10.1 Å². The van der Waals surface area contributed by atoms with Gasteiger partial charge in [-0.3, -0.25) is 4.79 Å². The molecule has 1 saturated heterocycles. The Bertz CT molecular complexity index is 1200. The van der Waals surface area contributed by atoms with Gasteiger partial charge in [-0.1, -0.05) is 11.3 Å². The van der Waals surface area contributed by atoms with E-state index in [2.05, 4.69) is 15.5 Å². The molecule has 8 nitrogen and oxygen atoms in total. The number of piperidine rings is 1. The predicted octanol–water partition coefficient (Wildman–Crippen LogP) is 3.51. The third kappa shape index (κ3) is 4.79. The summed E-state index contributed by atoms with van der Waals surface area (Å²) in [7, 11) is -2.18. The summed E-state index contributed by atoms with van der Waals surface area (Å²) >= 11 is 1.15. The van der Waals surface area contributed by atoms with Gasteiger partial charge in [0.1, 0.15) is 16.6 Å². The normalized spacial score (nSPS) is 17.1. The summed E-state index contributed by atoms with van der Waals surface area (Å²) in [5, 5.41) is 11.7. The first-order valence-electron chi connectivity index (χ1n) is 9.91. The average molecular weight is 477 g/mol. The summed E-state index contributed by atoms with van der Waals surface area (Å²) < 4.78 is 45.5. The van der Waals surface area contributed by atoms with E-state index in [1.54, 1.807) is 31.4 Å². The number of anilines is 1. The number of nitrogens with one attached hydrogen (secondary N) is 1. The number of nitrogens with zero attached hydrogens (tertiary/aromatic N) is 3. The summed E-state index contributed by atoms with van der Waals surface area (Å²) in [5.74, 6) is -0.363. The molecule has 1 N–H and O–H groups in total. The summed E-state index contributed by atoms with van der Waals surface area (Å²) in [4.78, 5) is 12.6. The molecule has 1 amide bonds. The van der Waals surface area contributed by atoms with Crippen LogP contribution in [0.4, 0.5) is 10.1 Å². The molecule has 0 saturated carbocycles. The van der Waals surface area contributed by atoms with Gasteiger partial charge in [0, 0.05) is 24.7 Å². The maximum Gasteiger partial charge on any atom is 0.286 e. The highest BCUT2D eigenvalue weighted by Crippen LogP contribution is 2.32. The minimum atomic E-state index is -3.74. The molecule has 1 atom stereocenters. The zero-order chi connectivity index (χ0) is 22.7. The first kappa shape index (κ1) is 22.3. The van der Waals surface area contributed by atoms with E-state index in [0.717, 1.165) is 29.9 Å². The predicted molar refractivity (Wildman–Crippen MR) is 118 cm³/mol. The molecule has 0 spiro atoms. The van der Waals surface area contributed by atoms with Crippen molar-refractivity contribution >= 4 is 33.0 Å². The van der Waals surface area contributed by atoms with Crippen LogP contribution in [-0.4, -0.2) is 49.0 Å². The minimum absolute atomic E-state index is 0.0522. The molecule has 11 heteroatoms. The van der Waals surface area contributed by atoms with Crippen LogP contribution >= 0.6 is 11.3 Å². The van der Waals surface area contributed by atoms with E-state index in [1.807, 2.05) is 0 Å². The number of carbonyl (C=O) groups excluding carboxylic acids is 1. The van der Waals surface area contributed by atoms with Gasteiger partial charge in [-0.2, -0.15) is 4.31 Å². The molecule has 1 aromatic heterocycles. The average Bonchev–Trinajstić information content (AvgIpc) is 3.31. The molecule has 1 aliphatic heterocycles. The smallest absolute Gasteiger partial charge is 0.286 e. The molecule has 0 radical (unpaired) electrons. The lowest BCUT2D eigenvalue weighted by molar-refractivity contribution is 0.102. The zero-order valence-corrected chi connectivity index (χ0v) is 18.8. The second-order valence-electron chi connectivity index (χ2n) is 7.28. The Balaban J connectivity index is 1.45. The molecule has 0 unspecified atom stereocenters. The molecule has 3 aromatic rings. The van der Waals surface area contributed by atoms with Gasteiger partial charge >= 0.3 is 0 Å². The Morgan fingerprint density at radius 1 is 1.16 bits per heavy atom. The van der Waals surface area contributed by atoms with Crippen LogP contribution in [-0.2, 0) is 10.0 Å². The van der Waals surface area contributed by atoms with Crippen molar-refractivity contribution in [1.82, 2.24) is 14.5 Å². The lowest BCUT2D eigenvalue weighted by Crippen LogP contribution is -2.39. The summed E-state index contributed by atoms with van der Waals surface area (Å²) in [6.45, 7) is 0.605. The highest BCUT2D eigenvalue weighted by Gasteiger charge is 2.32. The maximum atomic E-state index is 13.2. The van der Waals surface area contributed by atoms with Crippen molar-refractivity contribution in [3.05, 3.63) is 64.4 Å². The van der Waals surface area contributed by atoms with Gasteiger partial charge in [-0.05, 0) is 61.4 Å².